The number of nitrogens with zero attached hydrogens (tertiary/aromatic N) is 2. The summed E-state index contributed by atoms with van der Waals surface area (Å²) in [5.41, 5.74) is 0.857. The zero-order chi connectivity index (χ0) is 34.8. The molecule has 9 heteroatoms. The number of rotatable bonds is 19. The van der Waals surface area contributed by atoms with Crippen LogP contribution in [0.4, 0.5) is 0 Å². The van der Waals surface area contributed by atoms with Gasteiger partial charge in [-0.15, -0.1) is 25.2 Å². The summed E-state index contributed by atoms with van der Waals surface area (Å²) < 4.78 is 0. The lowest BCUT2D eigenvalue weighted by Crippen LogP contribution is -2.57. The lowest BCUT2D eigenvalue weighted by molar-refractivity contribution is -0.137. The second-order valence-corrected chi connectivity index (χ2v) is 12.6. The molecule has 2 rings (SSSR count). The molecule has 1 aliphatic rings. The number of aliphatic hydroxyl groups is 2. The summed E-state index contributed by atoms with van der Waals surface area (Å²) in [7, 11) is 1.72. The van der Waals surface area contributed by atoms with Crippen LogP contribution in [-0.2, 0) is 20.8 Å². The number of benzene rings is 1. The fraction of sp³-hybridized carbons (Fsp3) is 0.605. The fourth-order valence-electron chi connectivity index (χ4n) is 6.14. The molecule has 47 heavy (non-hydrogen) atoms. The van der Waals surface area contributed by atoms with E-state index in [0.29, 0.717) is 19.5 Å². The SMILES string of the molecule is C#CC[C@H](O)[C@H](O)[C@H](CC1CCCCC1)NC(=O)[C@@H](NC(=O)[C@@H](CC(=O)N(C)CCN(CC)CC)Cc1ccccc1)C(C#C)C#C. The van der Waals surface area contributed by atoms with Crippen LogP contribution in [0.1, 0.15) is 70.8 Å². The molecule has 0 saturated heterocycles. The van der Waals surface area contributed by atoms with Gasteiger partial charge in [0.2, 0.25) is 17.7 Å². The molecule has 3 amide bonds. The van der Waals surface area contributed by atoms with Crippen LogP contribution in [0, 0.1) is 54.8 Å². The van der Waals surface area contributed by atoms with Crippen molar-refractivity contribution in [2.24, 2.45) is 17.8 Å². The molecule has 256 valence electrons. The molecule has 0 bridgehead atoms. The van der Waals surface area contributed by atoms with Crippen molar-refractivity contribution in [1.29, 1.82) is 0 Å². The highest BCUT2D eigenvalue weighted by Gasteiger charge is 2.36. The Kier molecular flexibility index (Phi) is 17.7. The van der Waals surface area contributed by atoms with E-state index in [0.717, 1.165) is 50.8 Å². The number of hydrogen-bond donors (Lipinski definition) is 4. The zero-order valence-electron chi connectivity index (χ0n) is 28.4. The molecule has 1 fully saturated rings. The molecule has 0 aliphatic heterocycles. The molecule has 4 N–H and O–H groups in total. The van der Waals surface area contributed by atoms with E-state index in [9.17, 15) is 24.6 Å². The van der Waals surface area contributed by atoms with Gasteiger partial charge in [0.1, 0.15) is 18.1 Å². The van der Waals surface area contributed by atoms with Gasteiger partial charge in [-0.1, -0.05) is 88.1 Å². The number of nitrogens with one attached hydrogen (secondary N) is 2. The van der Waals surface area contributed by atoms with E-state index in [1.54, 1.807) is 11.9 Å². The van der Waals surface area contributed by atoms with Crippen LogP contribution in [0.15, 0.2) is 30.3 Å². The molecule has 0 spiro atoms. The maximum Gasteiger partial charge on any atom is 0.245 e. The Morgan fingerprint density at radius 1 is 0.936 bits per heavy atom. The predicted molar refractivity (Wildman–Crippen MR) is 185 cm³/mol. The number of terminal acetylenes is 3. The van der Waals surface area contributed by atoms with E-state index in [1.807, 2.05) is 30.3 Å². The number of likely N-dealkylation sites (N-methyl/N-ethyl adjacent to an activating group) is 2. The van der Waals surface area contributed by atoms with Gasteiger partial charge in [0.15, 0.2) is 0 Å². The number of aliphatic hydroxyl groups excluding tert-OH is 2. The van der Waals surface area contributed by atoms with Crippen LogP contribution in [0.2, 0.25) is 0 Å². The van der Waals surface area contributed by atoms with Crippen molar-refractivity contribution in [2.75, 3.05) is 33.2 Å². The van der Waals surface area contributed by atoms with Crippen molar-refractivity contribution >= 4 is 17.7 Å². The first-order valence-corrected chi connectivity index (χ1v) is 16.9. The summed E-state index contributed by atoms with van der Waals surface area (Å²) in [6.07, 6.45) is 19.9. The van der Waals surface area contributed by atoms with Crippen LogP contribution in [0.5, 0.6) is 0 Å². The van der Waals surface area contributed by atoms with Gasteiger partial charge in [-0.3, -0.25) is 14.4 Å². The molecular formula is C38H54N4O5. The Morgan fingerprint density at radius 3 is 2.15 bits per heavy atom. The van der Waals surface area contributed by atoms with Gasteiger partial charge in [-0.2, -0.15) is 0 Å². The average molecular weight is 647 g/mol. The van der Waals surface area contributed by atoms with E-state index in [4.69, 9.17) is 19.3 Å². The van der Waals surface area contributed by atoms with Crippen LogP contribution < -0.4 is 10.6 Å². The minimum absolute atomic E-state index is 0.0815. The minimum Gasteiger partial charge on any atom is -0.389 e. The van der Waals surface area contributed by atoms with Crippen molar-refractivity contribution in [3.05, 3.63) is 35.9 Å². The maximum atomic E-state index is 13.9. The van der Waals surface area contributed by atoms with Crippen molar-refractivity contribution in [3.8, 4) is 37.0 Å². The summed E-state index contributed by atoms with van der Waals surface area (Å²) in [4.78, 5) is 45.0. The second kappa shape index (κ2) is 21.1. The Labute approximate surface area is 282 Å². The average Bonchev–Trinajstić information content (AvgIpc) is 3.08. The first-order chi connectivity index (χ1) is 22.6. The Morgan fingerprint density at radius 2 is 1.57 bits per heavy atom. The standard InChI is InChI=1S/C38H54N4O5/c1-7-18-33(43)36(45)32(26-29-21-16-13-17-22-29)39-38(47)35(30(8-2)9-3)40-37(46)31(25-28-19-14-12-15-20-28)27-34(44)41(6)23-24-42(10-4)11-5/h1-3,12,14-15,19-20,29-33,35-36,43,45H,10-11,13,16-18,21-27H2,4-6H3,(H,39,47)(H,40,46)/t31-,32+,33+,35+,36-/m1/s1. The third kappa shape index (κ3) is 13.1. The normalized spacial score (nSPS) is 16.5. The number of carbonyl (C=O) groups excluding carboxylic acids is 3. The Bertz CT molecular complexity index is 1230. The first kappa shape index (κ1) is 39.4. The highest BCUT2D eigenvalue weighted by Crippen LogP contribution is 2.29. The van der Waals surface area contributed by atoms with Crippen molar-refractivity contribution in [2.45, 2.75) is 95.9 Å². The van der Waals surface area contributed by atoms with Crippen LogP contribution in [0.3, 0.4) is 0 Å². The fourth-order valence-corrected chi connectivity index (χ4v) is 6.14. The van der Waals surface area contributed by atoms with Gasteiger partial charge in [0.05, 0.1) is 18.1 Å². The summed E-state index contributed by atoms with van der Waals surface area (Å²) in [5.74, 6) is 4.12. The lowest BCUT2D eigenvalue weighted by atomic mass is 9.82. The largest absolute Gasteiger partial charge is 0.389 e. The van der Waals surface area contributed by atoms with E-state index < -0.39 is 47.9 Å². The molecule has 5 atom stereocenters. The van der Waals surface area contributed by atoms with Gasteiger partial charge >= 0.3 is 0 Å². The lowest BCUT2D eigenvalue weighted by Gasteiger charge is -2.33. The molecule has 1 aromatic rings. The molecule has 0 unspecified atom stereocenters. The highest BCUT2D eigenvalue weighted by molar-refractivity contribution is 5.91. The van der Waals surface area contributed by atoms with E-state index in [1.165, 1.54) is 0 Å². The summed E-state index contributed by atoms with van der Waals surface area (Å²) in [6.45, 7) is 7.09. The van der Waals surface area contributed by atoms with E-state index in [2.05, 4.69) is 47.1 Å². The summed E-state index contributed by atoms with van der Waals surface area (Å²) >= 11 is 0. The van der Waals surface area contributed by atoms with E-state index in [-0.39, 0.29) is 31.1 Å². The number of carbonyl (C=O) groups is 3. The second-order valence-electron chi connectivity index (χ2n) is 12.6. The highest BCUT2D eigenvalue weighted by atomic mass is 16.3. The van der Waals surface area contributed by atoms with Gasteiger partial charge in [-0.25, -0.2) is 0 Å². The quantitative estimate of drug-likeness (QED) is 0.172. The number of amides is 3. The van der Waals surface area contributed by atoms with Gasteiger partial charge in [-0.05, 0) is 37.4 Å². The van der Waals surface area contributed by atoms with Gasteiger partial charge in [0, 0.05) is 33.0 Å². The van der Waals surface area contributed by atoms with Crippen LogP contribution >= 0.6 is 0 Å². The Balaban J connectivity index is 2.31. The summed E-state index contributed by atoms with van der Waals surface area (Å²) in [6, 6.07) is 7.17. The van der Waals surface area contributed by atoms with Gasteiger partial charge < -0.3 is 30.6 Å². The van der Waals surface area contributed by atoms with E-state index >= 15 is 0 Å². The molecule has 0 heterocycles. The number of hydrogen-bond acceptors (Lipinski definition) is 6. The molecule has 1 aromatic carbocycles. The molecular weight excluding hydrogens is 592 g/mol. The maximum absolute atomic E-state index is 13.9. The van der Waals surface area contributed by atoms with Crippen LogP contribution in [-0.4, -0.2) is 95.3 Å². The summed E-state index contributed by atoms with van der Waals surface area (Å²) in [5, 5.41) is 27.2. The molecule has 1 aliphatic carbocycles. The first-order valence-electron chi connectivity index (χ1n) is 16.9. The monoisotopic (exact) mass is 646 g/mol. The molecule has 9 nitrogen and oxygen atoms in total. The third-order valence-corrected chi connectivity index (χ3v) is 9.23. The molecule has 0 aromatic heterocycles. The smallest absolute Gasteiger partial charge is 0.245 e. The van der Waals surface area contributed by atoms with Crippen molar-refractivity contribution in [3.63, 3.8) is 0 Å². The third-order valence-electron chi connectivity index (χ3n) is 9.23. The topological polar surface area (TPSA) is 122 Å². The molecule has 1 saturated carbocycles. The van der Waals surface area contributed by atoms with Crippen molar-refractivity contribution < 1.29 is 24.6 Å². The Hall–Kier alpha value is -3.81. The minimum atomic E-state index is -1.34. The van der Waals surface area contributed by atoms with Crippen LogP contribution in [0.25, 0.3) is 0 Å². The van der Waals surface area contributed by atoms with Crippen molar-refractivity contribution in [1.82, 2.24) is 20.4 Å². The molecule has 0 radical (unpaired) electrons. The predicted octanol–water partition coefficient (Wildman–Crippen LogP) is 2.60. The zero-order valence-corrected chi connectivity index (χ0v) is 28.4. The van der Waals surface area contributed by atoms with Gasteiger partial charge in [0.25, 0.3) is 0 Å².